The Labute approximate surface area is 165 Å². The van der Waals surface area contributed by atoms with Gasteiger partial charge in [0.05, 0.1) is 12.5 Å². The average Bonchev–Trinajstić information content (AvgIpc) is 2.72. The Balaban J connectivity index is 1.63. The summed E-state index contributed by atoms with van der Waals surface area (Å²) in [6.45, 7) is 2.38. The van der Waals surface area contributed by atoms with Crippen molar-refractivity contribution in [2.45, 2.75) is 25.4 Å². The highest BCUT2D eigenvalue weighted by Crippen LogP contribution is 2.21. The summed E-state index contributed by atoms with van der Waals surface area (Å²) in [5.74, 6) is -0.274. The lowest BCUT2D eigenvalue weighted by Gasteiger charge is -2.34. The zero-order valence-corrected chi connectivity index (χ0v) is 15.9. The van der Waals surface area contributed by atoms with E-state index in [1.807, 2.05) is 18.2 Å². The number of piperazine rings is 1. The lowest BCUT2D eigenvalue weighted by atomic mass is 10.0. The van der Waals surface area contributed by atoms with Crippen molar-refractivity contribution in [3.63, 3.8) is 0 Å². The van der Waals surface area contributed by atoms with Gasteiger partial charge in [-0.3, -0.25) is 14.5 Å². The Morgan fingerprint density at radius 3 is 2.54 bits per heavy atom. The van der Waals surface area contributed by atoms with Crippen molar-refractivity contribution in [3.05, 3.63) is 60.2 Å². The fourth-order valence-corrected chi connectivity index (χ4v) is 3.40. The van der Waals surface area contributed by atoms with Crippen LogP contribution in [0.15, 0.2) is 54.6 Å². The van der Waals surface area contributed by atoms with Crippen LogP contribution in [-0.4, -0.2) is 54.1 Å². The molecule has 2 amide bonds. The smallest absolute Gasteiger partial charge is 0.237 e. The molecular weight excluding hydrogens is 354 g/mol. The number of amides is 2. The van der Waals surface area contributed by atoms with E-state index in [2.05, 4.69) is 51.9 Å². The average molecular weight is 381 g/mol. The first-order valence-electron chi connectivity index (χ1n) is 9.71. The molecule has 1 atom stereocenters. The summed E-state index contributed by atoms with van der Waals surface area (Å²) in [5.41, 5.74) is 3.43. The molecule has 1 aliphatic rings. The van der Waals surface area contributed by atoms with Crippen LogP contribution in [-0.2, 0) is 16.1 Å². The quantitative estimate of drug-likeness (QED) is 0.606. The van der Waals surface area contributed by atoms with Crippen LogP contribution in [0.25, 0.3) is 11.1 Å². The van der Waals surface area contributed by atoms with E-state index in [4.69, 9.17) is 5.11 Å². The van der Waals surface area contributed by atoms with Crippen LogP contribution in [0.3, 0.4) is 0 Å². The Morgan fingerprint density at radius 2 is 1.82 bits per heavy atom. The number of hydrogen-bond acceptors (Lipinski definition) is 4. The highest BCUT2D eigenvalue weighted by molar-refractivity contribution is 5.88. The number of aliphatic hydroxyl groups is 1. The van der Waals surface area contributed by atoms with Crippen LogP contribution in [0.2, 0.25) is 0 Å². The second-order valence-electron chi connectivity index (χ2n) is 6.97. The fourth-order valence-electron chi connectivity index (χ4n) is 3.40. The first-order valence-corrected chi connectivity index (χ1v) is 9.71. The molecule has 0 unspecified atom stereocenters. The monoisotopic (exact) mass is 381 g/mol. The van der Waals surface area contributed by atoms with Crippen LogP contribution in [0.1, 0.15) is 18.4 Å². The van der Waals surface area contributed by atoms with E-state index < -0.39 is 6.04 Å². The molecule has 1 heterocycles. The summed E-state index contributed by atoms with van der Waals surface area (Å²) in [4.78, 5) is 26.5. The number of benzene rings is 2. The topological polar surface area (TPSA) is 81.7 Å². The van der Waals surface area contributed by atoms with Crippen molar-refractivity contribution in [2.24, 2.45) is 0 Å². The van der Waals surface area contributed by atoms with Gasteiger partial charge < -0.3 is 15.7 Å². The Kier molecular flexibility index (Phi) is 7.17. The number of carbonyl (C=O) groups is 2. The summed E-state index contributed by atoms with van der Waals surface area (Å²) >= 11 is 0. The number of hydrogen-bond donors (Lipinski definition) is 3. The third-order valence-electron chi connectivity index (χ3n) is 4.92. The minimum atomic E-state index is -0.475. The molecule has 1 saturated heterocycles. The van der Waals surface area contributed by atoms with E-state index in [0.717, 1.165) is 11.1 Å². The van der Waals surface area contributed by atoms with Gasteiger partial charge in [-0.05, 0) is 23.1 Å². The van der Waals surface area contributed by atoms with E-state index in [1.165, 1.54) is 5.56 Å². The zero-order chi connectivity index (χ0) is 19.8. The fraction of sp³-hybridized carbons (Fsp3) is 0.364. The van der Waals surface area contributed by atoms with Crippen molar-refractivity contribution in [1.82, 2.24) is 15.5 Å². The Hall–Kier alpha value is -2.70. The van der Waals surface area contributed by atoms with Crippen molar-refractivity contribution in [2.75, 3.05) is 26.2 Å². The maximum atomic E-state index is 12.3. The van der Waals surface area contributed by atoms with Crippen LogP contribution in [0, 0.1) is 0 Å². The second kappa shape index (κ2) is 10.0. The van der Waals surface area contributed by atoms with Crippen LogP contribution < -0.4 is 10.6 Å². The molecule has 0 aromatic heterocycles. The second-order valence-corrected chi connectivity index (χ2v) is 6.97. The molecule has 3 rings (SSSR count). The van der Waals surface area contributed by atoms with Crippen molar-refractivity contribution >= 4 is 11.8 Å². The van der Waals surface area contributed by atoms with Gasteiger partial charge in [0.2, 0.25) is 11.8 Å². The van der Waals surface area contributed by atoms with Gasteiger partial charge >= 0.3 is 0 Å². The maximum absolute atomic E-state index is 12.3. The molecule has 1 fully saturated rings. The standard InChI is InChI=1S/C22H27N3O3/c26-14-4-11-23-21(27)15-20-22(28)24-12-13-25(20)16-17-7-9-19(10-8-17)18-5-2-1-3-6-18/h1-3,5-10,20,26H,4,11-16H2,(H,23,27)(H,24,28)/t20-/m1/s1. The number of nitrogens with one attached hydrogen (secondary N) is 2. The molecule has 3 N–H and O–H groups in total. The van der Waals surface area contributed by atoms with Crippen LogP contribution in [0.4, 0.5) is 0 Å². The normalized spacial score (nSPS) is 17.2. The molecule has 148 valence electrons. The van der Waals surface area contributed by atoms with Gasteiger partial charge in [0.25, 0.3) is 0 Å². The highest BCUT2D eigenvalue weighted by atomic mass is 16.3. The molecule has 0 aliphatic carbocycles. The Bertz CT molecular complexity index is 777. The molecule has 0 spiro atoms. The molecule has 2 aromatic rings. The first kappa shape index (κ1) is 20.0. The minimum Gasteiger partial charge on any atom is -0.396 e. The lowest BCUT2D eigenvalue weighted by molar-refractivity contribution is -0.134. The molecule has 0 radical (unpaired) electrons. The van der Waals surface area contributed by atoms with Gasteiger partial charge in [0, 0.05) is 32.8 Å². The summed E-state index contributed by atoms with van der Waals surface area (Å²) in [6, 6.07) is 18.1. The summed E-state index contributed by atoms with van der Waals surface area (Å²) < 4.78 is 0. The third kappa shape index (κ3) is 5.41. The van der Waals surface area contributed by atoms with Gasteiger partial charge in [0.1, 0.15) is 0 Å². The molecule has 0 bridgehead atoms. The molecule has 2 aromatic carbocycles. The van der Waals surface area contributed by atoms with Gasteiger partial charge in [0.15, 0.2) is 0 Å². The highest BCUT2D eigenvalue weighted by Gasteiger charge is 2.31. The molecule has 28 heavy (non-hydrogen) atoms. The number of rotatable bonds is 8. The van der Waals surface area contributed by atoms with Crippen molar-refractivity contribution in [1.29, 1.82) is 0 Å². The van der Waals surface area contributed by atoms with Crippen LogP contribution >= 0.6 is 0 Å². The lowest BCUT2D eigenvalue weighted by Crippen LogP contribution is -2.56. The van der Waals surface area contributed by atoms with Crippen molar-refractivity contribution < 1.29 is 14.7 Å². The first-order chi connectivity index (χ1) is 13.7. The number of nitrogens with zero attached hydrogens (tertiary/aromatic N) is 1. The SMILES string of the molecule is O=C(C[C@@H]1C(=O)NCCN1Cc1ccc(-c2ccccc2)cc1)NCCCO. The predicted molar refractivity (Wildman–Crippen MR) is 108 cm³/mol. The van der Waals surface area contributed by atoms with E-state index >= 15 is 0 Å². The third-order valence-corrected chi connectivity index (χ3v) is 4.92. The Morgan fingerprint density at radius 1 is 1.11 bits per heavy atom. The molecule has 6 nitrogen and oxygen atoms in total. The van der Waals surface area contributed by atoms with Gasteiger partial charge in [-0.1, -0.05) is 54.6 Å². The van der Waals surface area contributed by atoms with Crippen molar-refractivity contribution in [3.8, 4) is 11.1 Å². The minimum absolute atomic E-state index is 0.0370. The van der Waals surface area contributed by atoms with Gasteiger partial charge in [-0.25, -0.2) is 0 Å². The molecular formula is C22H27N3O3. The molecule has 1 aliphatic heterocycles. The van der Waals surface area contributed by atoms with E-state index in [9.17, 15) is 9.59 Å². The molecule has 0 saturated carbocycles. The maximum Gasteiger partial charge on any atom is 0.237 e. The number of carbonyl (C=O) groups excluding carboxylic acids is 2. The summed E-state index contributed by atoms with van der Waals surface area (Å²) in [6.07, 6.45) is 0.638. The largest absolute Gasteiger partial charge is 0.396 e. The predicted octanol–water partition coefficient (Wildman–Crippen LogP) is 1.54. The van der Waals surface area contributed by atoms with Gasteiger partial charge in [-0.2, -0.15) is 0 Å². The zero-order valence-electron chi connectivity index (χ0n) is 15.9. The van der Waals surface area contributed by atoms with E-state index in [1.54, 1.807) is 0 Å². The van der Waals surface area contributed by atoms with E-state index in [0.29, 0.717) is 32.6 Å². The summed E-state index contributed by atoms with van der Waals surface area (Å²) in [5, 5.41) is 14.4. The molecule has 6 heteroatoms. The van der Waals surface area contributed by atoms with E-state index in [-0.39, 0.29) is 24.8 Å². The number of aliphatic hydroxyl groups excluding tert-OH is 1. The summed E-state index contributed by atoms with van der Waals surface area (Å²) in [7, 11) is 0. The van der Waals surface area contributed by atoms with Gasteiger partial charge in [-0.15, -0.1) is 0 Å². The van der Waals surface area contributed by atoms with Crippen LogP contribution in [0.5, 0.6) is 0 Å².